The summed E-state index contributed by atoms with van der Waals surface area (Å²) in [5.41, 5.74) is -0.626. The average molecular weight is 357 g/mol. The summed E-state index contributed by atoms with van der Waals surface area (Å²) in [7, 11) is 0. The topological polar surface area (TPSA) is 95.5 Å². The van der Waals surface area contributed by atoms with Gasteiger partial charge in [0.1, 0.15) is 0 Å². The number of amides is 2. The molecule has 3 N–H and O–H groups in total. The van der Waals surface area contributed by atoms with Crippen molar-refractivity contribution < 1.29 is 19.5 Å². The fraction of sp³-hybridized carbons (Fsp3) is 0.357. The first-order valence-corrected chi connectivity index (χ1v) is 7.06. The smallest absolute Gasteiger partial charge is 0.310 e. The third kappa shape index (κ3) is 5.18. The molecule has 2 amide bonds. The molecule has 0 spiro atoms. The number of aliphatic carboxylic acids is 1. The fourth-order valence-electron chi connectivity index (χ4n) is 1.36. The van der Waals surface area contributed by atoms with E-state index in [1.165, 1.54) is 13.8 Å². The van der Waals surface area contributed by atoms with Crippen LogP contribution >= 0.6 is 15.9 Å². The molecular weight excluding hydrogens is 340 g/mol. The number of carbonyl (C=O) groups excluding carboxylic acids is 2. The maximum absolute atomic E-state index is 11.9. The Bertz CT molecular complexity index is 558. The lowest BCUT2D eigenvalue weighted by atomic mass is 9.94. The second-order valence-electron chi connectivity index (χ2n) is 5.13. The van der Waals surface area contributed by atoms with Crippen LogP contribution in [0.15, 0.2) is 28.7 Å². The molecule has 0 aliphatic rings. The Balaban J connectivity index is 2.45. The molecule has 0 aromatic heterocycles. The van der Waals surface area contributed by atoms with Gasteiger partial charge in [0, 0.05) is 11.0 Å². The predicted molar refractivity (Wildman–Crippen MR) is 80.9 cm³/mol. The lowest BCUT2D eigenvalue weighted by Crippen LogP contribution is -2.43. The summed E-state index contributed by atoms with van der Waals surface area (Å²) in [6.07, 6.45) is 0. The van der Waals surface area contributed by atoms with E-state index in [4.69, 9.17) is 5.11 Å². The summed E-state index contributed by atoms with van der Waals surface area (Å²) in [4.78, 5) is 34.4. The van der Waals surface area contributed by atoms with Crippen molar-refractivity contribution in [3.8, 4) is 0 Å². The van der Waals surface area contributed by atoms with E-state index in [9.17, 15) is 14.4 Å². The highest BCUT2D eigenvalue weighted by Gasteiger charge is 2.27. The van der Waals surface area contributed by atoms with Crippen molar-refractivity contribution in [3.63, 3.8) is 0 Å². The minimum atomic E-state index is -1.05. The van der Waals surface area contributed by atoms with Crippen LogP contribution in [0.5, 0.6) is 0 Å². The molecule has 0 fully saturated rings. The average Bonchev–Trinajstić information content (AvgIpc) is 2.43. The van der Waals surface area contributed by atoms with Crippen LogP contribution in [0, 0.1) is 5.41 Å². The maximum Gasteiger partial charge on any atom is 0.310 e. The van der Waals surface area contributed by atoms with Gasteiger partial charge in [-0.3, -0.25) is 14.4 Å². The molecular formula is C14H17BrN2O4. The first-order chi connectivity index (χ1) is 9.74. The van der Waals surface area contributed by atoms with Gasteiger partial charge < -0.3 is 15.7 Å². The van der Waals surface area contributed by atoms with Gasteiger partial charge in [0.05, 0.1) is 17.5 Å². The summed E-state index contributed by atoms with van der Waals surface area (Å²) < 4.78 is 0.634. The van der Waals surface area contributed by atoms with Gasteiger partial charge in [0.2, 0.25) is 5.91 Å². The van der Waals surface area contributed by atoms with E-state index < -0.39 is 17.3 Å². The molecule has 0 saturated carbocycles. The molecule has 0 unspecified atom stereocenters. The lowest BCUT2D eigenvalue weighted by molar-refractivity contribution is -0.146. The van der Waals surface area contributed by atoms with Gasteiger partial charge in [-0.05, 0) is 41.9 Å². The number of hydrogen-bond acceptors (Lipinski definition) is 3. The predicted octanol–water partition coefficient (Wildman–Crippen LogP) is 1.41. The molecule has 0 aliphatic carbocycles. The number of nitrogens with one attached hydrogen (secondary N) is 2. The van der Waals surface area contributed by atoms with Crippen molar-refractivity contribution in [1.82, 2.24) is 10.6 Å². The summed E-state index contributed by atoms with van der Waals surface area (Å²) in [5.74, 6) is -1.82. The van der Waals surface area contributed by atoms with Crippen LogP contribution in [-0.2, 0) is 9.59 Å². The highest BCUT2D eigenvalue weighted by Crippen LogP contribution is 2.15. The van der Waals surface area contributed by atoms with Gasteiger partial charge in [-0.1, -0.05) is 12.1 Å². The van der Waals surface area contributed by atoms with Crippen LogP contribution in [0.25, 0.3) is 0 Å². The Labute approximate surface area is 131 Å². The summed E-state index contributed by atoms with van der Waals surface area (Å²) in [5, 5.41) is 13.9. The van der Waals surface area contributed by atoms with Crippen LogP contribution in [0.1, 0.15) is 24.2 Å². The van der Waals surface area contributed by atoms with E-state index in [2.05, 4.69) is 26.6 Å². The highest BCUT2D eigenvalue weighted by molar-refractivity contribution is 9.10. The van der Waals surface area contributed by atoms with Crippen LogP contribution in [0.3, 0.4) is 0 Å². The van der Waals surface area contributed by atoms with E-state index in [1.807, 2.05) is 0 Å². The number of carboxylic acid groups (broad SMARTS) is 1. The summed E-state index contributed by atoms with van der Waals surface area (Å²) >= 11 is 3.25. The normalized spacial score (nSPS) is 10.8. The number of halogens is 1. The van der Waals surface area contributed by atoms with E-state index in [-0.39, 0.29) is 19.0 Å². The van der Waals surface area contributed by atoms with Crippen molar-refractivity contribution in [3.05, 3.63) is 34.3 Å². The molecule has 114 valence electrons. The van der Waals surface area contributed by atoms with Gasteiger partial charge in [-0.2, -0.15) is 0 Å². The Hall–Kier alpha value is -1.89. The molecule has 6 nitrogen and oxygen atoms in total. The monoisotopic (exact) mass is 356 g/mol. The molecule has 1 aromatic rings. The second-order valence-corrected chi connectivity index (χ2v) is 5.98. The van der Waals surface area contributed by atoms with Crippen molar-refractivity contribution >= 4 is 33.7 Å². The van der Waals surface area contributed by atoms with Gasteiger partial charge in [-0.15, -0.1) is 0 Å². The van der Waals surface area contributed by atoms with Gasteiger partial charge in [-0.25, -0.2) is 0 Å². The minimum Gasteiger partial charge on any atom is -0.481 e. The SMILES string of the molecule is CC(C)(CNC(=O)CNC(=O)c1ccccc1Br)C(=O)O. The van der Waals surface area contributed by atoms with E-state index >= 15 is 0 Å². The zero-order valence-electron chi connectivity index (χ0n) is 11.8. The van der Waals surface area contributed by atoms with Crippen LogP contribution in [0.2, 0.25) is 0 Å². The van der Waals surface area contributed by atoms with Crippen LogP contribution < -0.4 is 10.6 Å². The van der Waals surface area contributed by atoms with Gasteiger partial charge in [0.25, 0.3) is 5.91 Å². The Morgan fingerprint density at radius 1 is 1.19 bits per heavy atom. The standard InChI is InChI=1S/C14H17BrN2O4/c1-14(2,13(20)21)8-17-11(18)7-16-12(19)9-5-3-4-6-10(9)15/h3-6H,7-8H2,1-2H3,(H,16,19)(H,17,18)(H,20,21). The molecule has 21 heavy (non-hydrogen) atoms. The second kappa shape index (κ2) is 7.21. The molecule has 0 bridgehead atoms. The Morgan fingerprint density at radius 3 is 2.38 bits per heavy atom. The quantitative estimate of drug-likeness (QED) is 0.717. The first-order valence-electron chi connectivity index (χ1n) is 6.27. The molecule has 1 aromatic carbocycles. The van der Waals surface area contributed by atoms with Crippen molar-refractivity contribution in [2.45, 2.75) is 13.8 Å². The van der Waals surface area contributed by atoms with Crippen LogP contribution in [-0.4, -0.2) is 36.0 Å². The van der Waals surface area contributed by atoms with Crippen molar-refractivity contribution in [1.29, 1.82) is 0 Å². The van der Waals surface area contributed by atoms with Gasteiger partial charge >= 0.3 is 5.97 Å². The van der Waals surface area contributed by atoms with Gasteiger partial charge in [0.15, 0.2) is 0 Å². The number of carbonyl (C=O) groups is 3. The molecule has 7 heteroatoms. The molecule has 0 heterocycles. The zero-order valence-corrected chi connectivity index (χ0v) is 13.4. The highest BCUT2D eigenvalue weighted by atomic mass is 79.9. The van der Waals surface area contributed by atoms with Crippen LogP contribution in [0.4, 0.5) is 0 Å². The number of hydrogen-bond donors (Lipinski definition) is 3. The van der Waals surface area contributed by atoms with Crippen molar-refractivity contribution in [2.24, 2.45) is 5.41 Å². The largest absolute Gasteiger partial charge is 0.481 e. The molecule has 0 aliphatic heterocycles. The Kier molecular flexibility index (Phi) is 5.90. The first kappa shape index (κ1) is 17.2. The molecule has 0 saturated heterocycles. The Morgan fingerprint density at radius 2 is 1.81 bits per heavy atom. The maximum atomic E-state index is 11.9. The third-order valence-electron chi connectivity index (χ3n) is 2.83. The van der Waals surface area contributed by atoms with E-state index in [0.717, 1.165) is 0 Å². The summed E-state index contributed by atoms with van der Waals surface area (Å²) in [6.45, 7) is 2.80. The number of rotatable bonds is 6. The minimum absolute atomic E-state index is 0.00787. The number of benzene rings is 1. The molecule has 1 rings (SSSR count). The lowest BCUT2D eigenvalue weighted by Gasteiger charge is -2.19. The molecule has 0 radical (unpaired) electrons. The number of carboxylic acids is 1. The fourth-order valence-corrected chi connectivity index (χ4v) is 1.82. The third-order valence-corrected chi connectivity index (χ3v) is 3.53. The van der Waals surface area contributed by atoms with E-state index in [0.29, 0.717) is 10.0 Å². The van der Waals surface area contributed by atoms with E-state index in [1.54, 1.807) is 24.3 Å². The summed E-state index contributed by atoms with van der Waals surface area (Å²) in [6, 6.07) is 6.85. The molecule has 0 atom stereocenters. The zero-order chi connectivity index (χ0) is 16.0. The van der Waals surface area contributed by atoms with Crippen molar-refractivity contribution in [2.75, 3.05) is 13.1 Å².